The second-order valence-electron chi connectivity index (χ2n) is 7.94. The van der Waals surface area contributed by atoms with Crippen molar-refractivity contribution in [3.8, 4) is 0 Å². The minimum Gasteiger partial charge on any atom is -0.458 e. The number of aromatic nitrogens is 3. The summed E-state index contributed by atoms with van der Waals surface area (Å²) in [5.74, 6) is -3.91. The Morgan fingerprint density at radius 2 is 2.20 bits per heavy atom. The number of rotatable bonds is 5. The highest BCUT2D eigenvalue weighted by atomic mass is 127. The second-order valence-corrected chi connectivity index (χ2v) is 9.02. The van der Waals surface area contributed by atoms with E-state index in [0.717, 1.165) is 6.92 Å². The highest BCUT2D eigenvalue weighted by molar-refractivity contribution is 14.1. The van der Waals surface area contributed by atoms with E-state index in [2.05, 4.69) is 15.4 Å². The predicted octanol–water partition coefficient (Wildman–Crippen LogP) is 3.68. The SMILES string of the molecule is CC(=O)OC1COCCC1Nc1ncc2c(F)c(I)c(C3(C(C)(F)F)CCC3)n2n1. The van der Waals surface area contributed by atoms with Gasteiger partial charge in [0.25, 0.3) is 5.92 Å². The van der Waals surface area contributed by atoms with Crippen LogP contribution in [0.15, 0.2) is 6.20 Å². The summed E-state index contributed by atoms with van der Waals surface area (Å²) in [7, 11) is 0. The molecule has 2 atom stereocenters. The van der Waals surface area contributed by atoms with Crippen LogP contribution in [0, 0.1) is 9.39 Å². The average molecular weight is 538 g/mol. The normalized spacial score (nSPS) is 23.8. The maximum absolute atomic E-state index is 14.8. The minimum atomic E-state index is -3.02. The van der Waals surface area contributed by atoms with E-state index in [0.29, 0.717) is 19.4 Å². The molecule has 2 aromatic heterocycles. The molecule has 0 spiro atoms. The first-order valence-corrected chi connectivity index (χ1v) is 10.8. The first kappa shape index (κ1) is 21.6. The fourth-order valence-electron chi connectivity index (χ4n) is 4.25. The number of hydrogen-bond donors (Lipinski definition) is 1. The van der Waals surface area contributed by atoms with Crippen LogP contribution in [0.1, 0.15) is 45.2 Å². The van der Waals surface area contributed by atoms with Crippen molar-refractivity contribution in [3.05, 3.63) is 21.3 Å². The summed E-state index contributed by atoms with van der Waals surface area (Å²) in [6, 6.07) is -0.312. The molecule has 1 saturated heterocycles. The topological polar surface area (TPSA) is 77.8 Å². The third-order valence-electron chi connectivity index (χ3n) is 6.01. The van der Waals surface area contributed by atoms with Crippen LogP contribution in [0.5, 0.6) is 0 Å². The third kappa shape index (κ3) is 3.53. The van der Waals surface area contributed by atoms with Gasteiger partial charge in [0, 0.05) is 20.5 Å². The van der Waals surface area contributed by atoms with Gasteiger partial charge in [0.2, 0.25) is 5.95 Å². The quantitative estimate of drug-likeness (QED) is 0.463. The molecule has 1 aliphatic heterocycles. The van der Waals surface area contributed by atoms with Crippen LogP contribution in [0.2, 0.25) is 0 Å². The second kappa shape index (κ2) is 7.81. The minimum absolute atomic E-state index is 0.0546. The summed E-state index contributed by atoms with van der Waals surface area (Å²) >= 11 is 1.77. The molecule has 0 aromatic carbocycles. The average Bonchev–Trinajstić information content (AvgIpc) is 2.86. The Morgan fingerprint density at radius 3 is 2.80 bits per heavy atom. The van der Waals surface area contributed by atoms with E-state index in [1.165, 1.54) is 17.6 Å². The summed E-state index contributed by atoms with van der Waals surface area (Å²) in [5, 5.41) is 7.46. The lowest BCUT2D eigenvalue weighted by Crippen LogP contribution is -2.50. The van der Waals surface area contributed by atoms with Gasteiger partial charge in [-0.25, -0.2) is 22.7 Å². The Bertz CT molecular complexity index is 974. The molecule has 0 radical (unpaired) electrons. The Balaban J connectivity index is 1.73. The number of carbonyl (C=O) groups is 1. The molecule has 2 fully saturated rings. The predicted molar refractivity (Wildman–Crippen MR) is 110 cm³/mol. The summed E-state index contributed by atoms with van der Waals surface area (Å²) in [6.45, 7) is 2.88. The van der Waals surface area contributed by atoms with E-state index >= 15 is 0 Å². The lowest BCUT2D eigenvalue weighted by atomic mass is 9.63. The van der Waals surface area contributed by atoms with Crippen LogP contribution in [-0.4, -0.2) is 51.8 Å². The number of esters is 1. The van der Waals surface area contributed by atoms with Crippen molar-refractivity contribution in [2.75, 3.05) is 18.5 Å². The number of ether oxygens (including phenoxy) is 2. The molecular formula is C19H22F3IN4O3. The van der Waals surface area contributed by atoms with Gasteiger partial charge in [0.15, 0.2) is 5.82 Å². The zero-order chi connectivity index (χ0) is 21.7. The number of hydrogen-bond acceptors (Lipinski definition) is 6. The molecule has 2 aromatic rings. The molecule has 1 N–H and O–H groups in total. The van der Waals surface area contributed by atoms with Crippen LogP contribution in [-0.2, 0) is 19.7 Å². The highest BCUT2D eigenvalue weighted by Crippen LogP contribution is 2.55. The molecule has 7 nitrogen and oxygen atoms in total. The van der Waals surface area contributed by atoms with Crippen molar-refractivity contribution in [2.45, 2.75) is 63.0 Å². The molecule has 0 bridgehead atoms. The summed E-state index contributed by atoms with van der Waals surface area (Å²) in [4.78, 5) is 15.5. The molecule has 11 heteroatoms. The van der Waals surface area contributed by atoms with Gasteiger partial charge >= 0.3 is 5.97 Å². The first-order valence-electron chi connectivity index (χ1n) is 9.76. The van der Waals surface area contributed by atoms with Gasteiger partial charge in [-0.15, -0.1) is 5.10 Å². The Kier molecular flexibility index (Phi) is 5.62. The Labute approximate surface area is 184 Å². The van der Waals surface area contributed by atoms with Crippen molar-refractivity contribution in [1.82, 2.24) is 14.6 Å². The highest BCUT2D eigenvalue weighted by Gasteiger charge is 2.58. The van der Waals surface area contributed by atoms with Crippen molar-refractivity contribution in [3.63, 3.8) is 0 Å². The van der Waals surface area contributed by atoms with Gasteiger partial charge in [-0.1, -0.05) is 6.42 Å². The van der Waals surface area contributed by atoms with Gasteiger partial charge in [-0.2, -0.15) is 0 Å². The largest absolute Gasteiger partial charge is 0.458 e. The molecule has 2 unspecified atom stereocenters. The third-order valence-corrected chi connectivity index (χ3v) is 6.99. The van der Waals surface area contributed by atoms with Crippen LogP contribution in [0.4, 0.5) is 19.1 Å². The Morgan fingerprint density at radius 1 is 1.47 bits per heavy atom. The molecule has 164 valence electrons. The fraction of sp³-hybridized carbons (Fsp3) is 0.632. The van der Waals surface area contributed by atoms with Gasteiger partial charge in [-0.3, -0.25) is 4.79 Å². The maximum atomic E-state index is 14.8. The standard InChI is InChI=1S/C19H22F3IN4O3/c1-10(28)30-13-9-29-7-4-11(13)25-17-24-8-12-14(20)15(23)16(27(12)26-17)19(5-3-6-19)18(2,21)22/h8,11,13H,3-7,9H2,1-2H3,(H,25,26). The number of alkyl halides is 2. The number of carbonyl (C=O) groups excluding carboxylic acids is 1. The van der Waals surface area contributed by atoms with Crippen LogP contribution in [0.3, 0.4) is 0 Å². The number of anilines is 1. The van der Waals surface area contributed by atoms with Crippen molar-refractivity contribution in [1.29, 1.82) is 0 Å². The Hall–Kier alpha value is -1.63. The van der Waals surface area contributed by atoms with Crippen LogP contribution >= 0.6 is 22.6 Å². The lowest BCUT2D eigenvalue weighted by Gasteiger charge is -2.45. The van der Waals surface area contributed by atoms with E-state index in [9.17, 15) is 18.0 Å². The lowest BCUT2D eigenvalue weighted by molar-refractivity contribution is -0.153. The molecule has 1 aliphatic carbocycles. The zero-order valence-corrected chi connectivity index (χ0v) is 18.7. The molecule has 4 rings (SSSR count). The fourth-order valence-corrected chi connectivity index (χ4v) is 5.27. The molecule has 2 aliphatic rings. The monoisotopic (exact) mass is 538 g/mol. The van der Waals surface area contributed by atoms with Gasteiger partial charge in [0.1, 0.15) is 11.6 Å². The number of halogens is 4. The zero-order valence-electron chi connectivity index (χ0n) is 16.6. The van der Waals surface area contributed by atoms with E-state index < -0.39 is 29.2 Å². The van der Waals surface area contributed by atoms with Gasteiger partial charge in [-0.05, 0) is 41.9 Å². The summed E-state index contributed by atoms with van der Waals surface area (Å²) in [5.41, 5.74) is -1.22. The van der Waals surface area contributed by atoms with Crippen LogP contribution < -0.4 is 5.32 Å². The maximum Gasteiger partial charge on any atom is 0.303 e. The number of nitrogens with one attached hydrogen (secondary N) is 1. The number of nitrogens with zero attached hydrogens (tertiary/aromatic N) is 3. The summed E-state index contributed by atoms with van der Waals surface area (Å²) < 4.78 is 56.1. The van der Waals surface area contributed by atoms with Crippen molar-refractivity contribution < 1.29 is 27.4 Å². The summed E-state index contributed by atoms with van der Waals surface area (Å²) in [6.07, 6.45) is 2.47. The smallest absolute Gasteiger partial charge is 0.303 e. The van der Waals surface area contributed by atoms with Crippen molar-refractivity contribution >= 4 is 40.0 Å². The van der Waals surface area contributed by atoms with Gasteiger partial charge < -0.3 is 14.8 Å². The van der Waals surface area contributed by atoms with Crippen LogP contribution in [0.25, 0.3) is 5.52 Å². The van der Waals surface area contributed by atoms with Crippen molar-refractivity contribution in [2.24, 2.45) is 0 Å². The molecule has 30 heavy (non-hydrogen) atoms. The van der Waals surface area contributed by atoms with E-state index in [1.807, 2.05) is 0 Å². The molecule has 0 amide bonds. The van der Waals surface area contributed by atoms with Gasteiger partial charge in [0.05, 0.1) is 33.5 Å². The van der Waals surface area contributed by atoms with E-state index in [1.54, 1.807) is 22.6 Å². The van der Waals surface area contributed by atoms with E-state index in [4.69, 9.17) is 9.47 Å². The first-order chi connectivity index (χ1) is 14.1. The molecule has 1 saturated carbocycles. The molecular weight excluding hydrogens is 516 g/mol. The van der Waals surface area contributed by atoms with E-state index in [-0.39, 0.29) is 46.2 Å². The molecule has 3 heterocycles. The number of fused-ring (bicyclic) bond motifs is 1.